The van der Waals surface area contributed by atoms with Crippen LogP contribution in [0.15, 0.2) is 134 Å². The summed E-state index contributed by atoms with van der Waals surface area (Å²) in [4.78, 5) is 4.91. The molecule has 254 valence electrons. The highest BCUT2D eigenvalue weighted by molar-refractivity contribution is 6.09. The molecular weight excluding hydrogens is 625 g/mol. The molecule has 0 fully saturated rings. The molecule has 0 radical (unpaired) electrons. The summed E-state index contributed by atoms with van der Waals surface area (Å²) >= 11 is 0. The van der Waals surface area contributed by atoms with Crippen molar-refractivity contribution in [3.63, 3.8) is 0 Å². The molecule has 0 aliphatic carbocycles. The molecule has 0 aliphatic rings. The summed E-state index contributed by atoms with van der Waals surface area (Å²) in [5.74, 6) is 2.81. The highest BCUT2D eigenvalue weighted by atomic mass is 16.5. The van der Waals surface area contributed by atoms with E-state index >= 15 is 0 Å². The van der Waals surface area contributed by atoms with Crippen LogP contribution in [0.3, 0.4) is 0 Å². The second kappa shape index (κ2) is 12.3. The van der Waals surface area contributed by atoms with Gasteiger partial charge in [0.15, 0.2) is 0 Å². The lowest BCUT2D eigenvalue weighted by Crippen LogP contribution is -2.18. The Balaban J connectivity index is 1.28. The molecule has 5 heteroatoms. The first-order valence-corrected chi connectivity index (χ1v) is 17.8. The van der Waals surface area contributed by atoms with Crippen LogP contribution in [-0.4, -0.2) is 19.3 Å². The van der Waals surface area contributed by atoms with Crippen LogP contribution in [0.1, 0.15) is 76.6 Å². The van der Waals surface area contributed by atoms with Crippen molar-refractivity contribution >= 4 is 32.7 Å². The molecule has 5 nitrogen and oxygen atoms in total. The minimum absolute atomic E-state index is 0.0879. The molecule has 0 unspecified atom stereocenters. The maximum Gasteiger partial charge on any atom is 0.137 e. The maximum atomic E-state index is 6.77. The zero-order chi connectivity index (χ0) is 35.5. The average Bonchev–Trinajstić information content (AvgIpc) is 3.70. The van der Waals surface area contributed by atoms with Gasteiger partial charge in [-0.2, -0.15) is 5.10 Å². The molecular formula is C46H44N4O. The van der Waals surface area contributed by atoms with E-state index in [0.717, 1.165) is 50.3 Å². The Morgan fingerprint density at radius 2 is 1.41 bits per heavy atom. The Bertz CT molecular complexity index is 2510. The summed E-state index contributed by atoms with van der Waals surface area (Å²) in [6.07, 6.45) is 4.00. The van der Waals surface area contributed by atoms with Crippen molar-refractivity contribution in [3.8, 4) is 23.0 Å². The van der Waals surface area contributed by atoms with Crippen molar-refractivity contribution in [2.24, 2.45) is 0 Å². The van der Waals surface area contributed by atoms with Gasteiger partial charge in [-0.25, -0.2) is 9.67 Å². The van der Waals surface area contributed by atoms with Crippen molar-refractivity contribution in [1.29, 1.82) is 0 Å². The van der Waals surface area contributed by atoms with Gasteiger partial charge >= 0.3 is 0 Å². The van der Waals surface area contributed by atoms with E-state index in [1.807, 2.05) is 29.1 Å². The molecule has 8 rings (SSSR count). The Labute approximate surface area is 300 Å². The normalized spacial score (nSPS) is 12.4. The minimum Gasteiger partial charge on any atom is -0.457 e. The molecule has 0 saturated heterocycles. The first kappa shape index (κ1) is 32.5. The van der Waals surface area contributed by atoms with Crippen LogP contribution in [0.25, 0.3) is 44.2 Å². The Hall–Kier alpha value is -5.68. The summed E-state index contributed by atoms with van der Waals surface area (Å²) in [6, 6.07) is 43.0. The molecule has 0 amide bonds. The summed E-state index contributed by atoms with van der Waals surface area (Å²) in [7, 11) is 0. The molecule has 0 saturated carbocycles. The quantitative estimate of drug-likeness (QED) is 0.170. The van der Waals surface area contributed by atoms with Crippen molar-refractivity contribution in [1.82, 2.24) is 19.3 Å². The van der Waals surface area contributed by atoms with Crippen LogP contribution in [0.4, 0.5) is 0 Å². The third-order valence-corrected chi connectivity index (χ3v) is 10.3. The van der Waals surface area contributed by atoms with E-state index in [1.54, 1.807) is 0 Å². The lowest BCUT2D eigenvalue weighted by molar-refractivity contribution is 0.478. The van der Waals surface area contributed by atoms with Gasteiger partial charge in [0.05, 0.1) is 22.2 Å². The number of aromatic nitrogens is 4. The van der Waals surface area contributed by atoms with E-state index < -0.39 is 0 Å². The highest BCUT2D eigenvalue weighted by Crippen LogP contribution is 2.40. The van der Waals surface area contributed by atoms with Crippen molar-refractivity contribution < 1.29 is 4.74 Å². The predicted octanol–water partition coefficient (Wildman–Crippen LogP) is 12.1. The molecule has 3 heterocycles. The zero-order valence-electron chi connectivity index (χ0n) is 30.5. The second-order valence-electron chi connectivity index (χ2n) is 15.5. The fourth-order valence-electron chi connectivity index (χ4n) is 7.08. The van der Waals surface area contributed by atoms with E-state index in [2.05, 4.69) is 162 Å². The van der Waals surface area contributed by atoms with Gasteiger partial charge < -0.3 is 4.74 Å². The zero-order valence-corrected chi connectivity index (χ0v) is 30.5. The maximum absolute atomic E-state index is 6.77. The largest absolute Gasteiger partial charge is 0.457 e. The van der Waals surface area contributed by atoms with E-state index in [0.29, 0.717) is 5.92 Å². The number of hydrogen-bond donors (Lipinski definition) is 0. The average molecular weight is 669 g/mol. The molecule has 0 bridgehead atoms. The van der Waals surface area contributed by atoms with Crippen molar-refractivity contribution in [3.05, 3.63) is 156 Å². The van der Waals surface area contributed by atoms with Gasteiger partial charge in [0.25, 0.3) is 0 Å². The Morgan fingerprint density at radius 3 is 2.18 bits per heavy atom. The van der Waals surface area contributed by atoms with E-state index in [9.17, 15) is 0 Å². The van der Waals surface area contributed by atoms with E-state index in [-0.39, 0.29) is 10.8 Å². The van der Waals surface area contributed by atoms with Gasteiger partial charge in [-0.3, -0.25) is 4.57 Å². The number of ether oxygens (including phenoxy) is 1. The van der Waals surface area contributed by atoms with Crippen LogP contribution in [-0.2, 0) is 10.8 Å². The van der Waals surface area contributed by atoms with E-state index in [1.165, 1.54) is 27.6 Å². The predicted molar refractivity (Wildman–Crippen MR) is 211 cm³/mol. The lowest BCUT2D eigenvalue weighted by atomic mass is 9.78. The summed E-state index contributed by atoms with van der Waals surface area (Å²) in [6.45, 7) is 15.7. The summed E-state index contributed by atoms with van der Waals surface area (Å²) < 4.78 is 11.0. The monoisotopic (exact) mass is 668 g/mol. The van der Waals surface area contributed by atoms with Crippen LogP contribution in [0.2, 0.25) is 0 Å². The summed E-state index contributed by atoms with van der Waals surface area (Å²) in [5, 5.41) is 8.33. The highest BCUT2D eigenvalue weighted by Gasteiger charge is 2.25. The van der Waals surface area contributed by atoms with Crippen LogP contribution < -0.4 is 4.74 Å². The van der Waals surface area contributed by atoms with Crippen LogP contribution >= 0.6 is 0 Å². The van der Waals surface area contributed by atoms with Crippen LogP contribution in [0, 0.1) is 0 Å². The molecule has 51 heavy (non-hydrogen) atoms. The number of nitrogens with zero attached hydrogens (tertiary/aromatic N) is 4. The number of hydrogen-bond acceptors (Lipinski definition) is 3. The van der Waals surface area contributed by atoms with Gasteiger partial charge in [0.2, 0.25) is 0 Å². The molecule has 3 aromatic heterocycles. The molecule has 8 aromatic rings. The first-order chi connectivity index (χ1) is 24.5. The first-order valence-electron chi connectivity index (χ1n) is 17.8. The fraction of sp³-hybridized carbons (Fsp3) is 0.217. The fourth-order valence-corrected chi connectivity index (χ4v) is 7.08. The Morgan fingerprint density at radius 1 is 0.627 bits per heavy atom. The SMILES string of the molecule is CC(C)c1ccnc(-n2c3ccc(C(C)(C)c4ccccc4)cc3c3ccc(Oc4cc(-n5cc6ccccc6n5)cc(C(C)(C)C)c4)cc32)c1. The summed E-state index contributed by atoms with van der Waals surface area (Å²) in [5.41, 5.74) is 8.82. The molecule has 0 atom stereocenters. The lowest BCUT2D eigenvalue weighted by Gasteiger charge is -2.26. The number of benzene rings is 5. The van der Waals surface area contributed by atoms with Gasteiger partial charge in [-0.15, -0.1) is 0 Å². The number of rotatable bonds is 7. The molecule has 0 N–H and O–H groups in total. The molecule has 5 aromatic carbocycles. The third-order valence-electron chi connectivity index (χ3n) is 10.3. The van der Waals surface area contributed by atoms with Crippen molar-refractivity contribution in [2.45, 2.75) is 65.2 Å². The molecule has 0 spiro atoms. The van der Waals surface area contributed by atoms with Gasteiger partial charge in [-0.05, 0) is 88.2 Å². The third kappa shape index (κ3) is 5.97. The standard InChI is InChI=1S/C46H44N4O/c1-30(2)31-21-22-47-44(23-31)50-42-20-17-34(46(6,7)33-14-9-8-10-15-33)26-40(42)39-19-18-37(28-43(39)50)51-38-25-35(45(3,4)5)24-36(27-38)49-29-32-13-11-12-16-41(32)48-49/h8-30H,1-7H3. The van der Waals surface area contributed by atoms with Gasteiger partial charge in [-0.1, -0.05) is 103 Å². The second-order valence-corrected chi connectivity index (χ2v) is 15.5. The topological polar surface area (TPSA) is 44.9 Å². The van der Waals surface area contributed by atoms with Crippen LogP contribution in [0.5, 0.6) is 11.5 Å². The Kier molecular flexibility index (Phi) is 7.83. The van der Waals surface area contributed by atoms with E-state index in [4.69, 9.17) is 14.8 Å². The molecule has 0 aliphatic heterocycles. The van der Waals surface area contributed by atoms with Crippen molar-refractivity contribution in [2.75, 3.05) is 0 Å². The van der Waals surface area contributed by atoms with Gasteiger partial charge in [0, 0.05) is 46.1 Å². The smallest absolute Gasteiger partial charge is 0.137 e. The number of fused-ring (bicyclic) bond motifs is 4. The van der Waals surface area contributed by atoms with Gasteiger partial charge in [0.1, 0.15) is 17.3 Å². The number of pyridine rings is 1. The minimum atomic E-state index is -0.168.